The molecule has 0 aliphatic heterocycles. The number of carbonyl (C=O) groups excluding carboxylic acids is 2. The van der Waals surface area contributed by atoms with E-state index in [4.69, 9.17) is 9.15 Å². The minimum Gasteiger partial charge on any atom is -0.469 e. The Morgan fingerprint density at radius 3 is 2.77 bits per heavy atom. The van der Waals surface area contributed by atoms with Crippen LogP contribution in [-0.2, 0) is 27.8 Å². The first-order valence-electron chi connectivity index (χ1n) is 6.95. The van der Waals surface area contributed by atoms with Gasteiger partial charge in [0.15, 0.2) is 6.61 Å². The molecule has 118 valence electrons. The van der Waals surface area contributed by atoms with E-state index in [-0.39, 0.29) is 18.9 Å². The summed E-state index contributed by atoms with van der Waals surface area (Å²) in [5.41, 5.74) is 2.21. The van der Waals surface area contributed by atoms with Crippen LogP contribution in [0.3, 0.4) is 0 Å². The van der Waals surface area contributed by atoms with Crippen molar-refractivity contribution in [1.29, 1.82) is 0 Å². The molecule has 0 fully saturated rings. The molecular weight excluding hydrogens is 286 g/mol. The molecule has 2 heterocycles. The fourth-order valence-electron chi connectivity index (χ4n) is 2.03. The van der Waals surface area contributed by atoms with Crippen LogP contribution in [0, 0.1) is 13.8 Å². The molecule has 0 radical (unpaired) electrons. The van der Waals surface area contributed by atoms with E-state index in [1.807, 2.05) is 6.92 Å². The van der Waals surface area contributed by atoms with Crippen molar-refractivity contribution in [2.24, 2.45) is 7.05 Å². The third kappa shape index (κ3) is 3.97. The average Bonchev–Trinajstić information content (AvgIpc) is 3.07. The molecule has 1 amide bonds. The van der Waals surface area contributed by atoms with E-state index in [1.54, 1.807) is 37.0 Å². The second-order valence-corrected chi connectivity index (χ2v) is 4.96. The van der Waals surface area contributed by atoms with Gasteiger partial charge in [0, 0.05) is 13.5 Å². The first-order chi connectivity index (χ1) is 10.5. The highest BCUT2D eigenvalue weighted by molar-refractivity contribution is 5.93. The van der Waals surface area contributed by atoms with Gasteiger partial charge in [-0.1, -0.05) is 0 Å². The maximum absolute atomic E-state index is 11.8. The molecule has 2 aromatic heterocycles. The van der Waals surface area contributed by atoms with Crippen molar-refractivity contribution < 1.29 is 18.7 Å². The molecule has 0 saturated heterocycles. The van der Waals surface area contributed by atoms with E-state index >= 15 is 0 Å². The standard InChI is InChI=1S/C15H19N3O4/c1-10-15(11(2)18(3)17-10)16-13(19)9-22-14(20)7-6-12-5-4-8-21-12/h4-5,8H,6-7,9H2,1-3H3,(H,16,19). The van der Waals surface area contributed by atoms with E-state index in [0.29, 0.717) is 17.9 Å². The van der Waals surface area contributed by atoms with Gasteiger partial charge in [-0.2, -0.15) is 5.10 Å². The number of hydrogen-bond donors (Lipinski definition) is 1. The lowest BCUT2D eigenvalue weighted by atomic mass is 10.2. The van der Waals surface area contributed by atoms with Crippen molar-refractivity contribution in [2.45, 2.75) is 26.7 Å². The molecule has 0 bridgehead atoms. The predicted molar refractivity (Wildman–Crippen MR) is 79.3 cm³/mol. The van der Waals surface area contributed by atoms with E-state index in [0.717, 1.165) is 11.4 Å². The summed E-state index contributed by atoms with van der Waals surface area (Å²) in [5, 5.41) is 6.91. The van der Waals surface area contributed by atoms with Gasteiger partial charge in [-0.05, 0) is 26.0 Å². The Morgan fingerprint density at radius 1 is 1.41 bits per heavy atom. The molecule has 0 spiro atoms. The van der Waals surface area contributed by atoms with Crippen molar-refractivity contribution in [3.63, 3.8) is 0 Å². The van der Waals surface area contributed by atoms with Crippen molar-refractivity contribution in [3.8, 4) is 0 Å². The number of amides is 1. The number of nitrogens with zero attached hydrogens (tertiary/aromatic N) is 2. The fraction of sp³-hybridized carbons (Fsp3) is 0.400. The molecule has 2 rings (SSSR count). The molecule has 0 aromatic carbocycles. The molecule has 7 nitrogen and oxygen atoms in total. The van der Waals surface area contributed by atoms with Crippen molar-refractivity contribution in [2.75, 3.05) is 11.9 Å². The molecule has 2 aromatic rings. The first-order valence-corrected chi connectivity index (χ1v) is 6.95. The quantitative estimate of drug-likeness (QED) is 0.822. The van der Waals surface area contributed by atoms with Gasteiger partial charge >= 0.3 is 5.97 Å². The number of esters is 1. The summed E-state index contributed by atoms with van der Waals surface area (Å²) in [7, 11) is 1.80. The second-order valence-electron chi connectivity index (χ2n) is 4.96. The molecule has 22 heavy (non-hydrogen) atoms. The van der Waals surface area contributed by atoms with Gasteiger partial charge in [-0.25, -0.2) is 0 Å². The highest BCUT2D eigenvalue weighted by Gasteiger charge is 2.14. The van der Waals surface area contributed by atoms with Crippen LogP contribution in [0.4, 0.5) is 5.69 Å². The summed E-state index contributed by atoms with van der Waals surface area (Å²) >= 11 is 0. The van der Waals surface area contributed by atoms with Gasteiger partial charge < -0.3 is 14.5 Å². The Bertz CT molecular complexity index is 659. The Balaban J connectivity index is 1.76. The topological polar surface area (TPSA) is 86.4 Å². The van der Waals surface area contributed by atoms with Crippen LogP contribution in [-0.4, -0.2) is 28.3 Å². The smallest absolute Gasteiger partial charge is 0.306 e. The van der Waals surface area contributed by atoms with Gasteiger partial charge in [0.05, 0.1) is 29.8 Å². The SMILES string of the molecule is Cc1nn(C)c(C)c1NC(=O)COC(=O)CCc1ccco1. The van der Waals surface area contributed by atoms with E-state index in [9.17, 15) is 9.59 Å². The zero-order valence-corrected chi connectivity index (χ0v) is 12.9. The summed E-state index contributed by atoms with van der Waals surface area (Å²) < 4.78 is 11.7. The number of hydrogen-bond acceptors (Lipinski definition) is 5. The Hall–Kier alpha value is -2.57. The lowest BCUT2D eigenvalue weighted by Gasteiger charge is -2.06. The number of ether oxygens (including phenoxy) is 1. The number of anilines is 1. The van der Waals surface area contributed by atoms with Crippen molar-refractivity contribution in [3.05, 3.63) is 35.5 Å². The van der Waals surface area contributed by atoms with Gasteiger partial charge in [-0.15, -0.1) is 0 Å². The molecule has 0 saturated carbocycles. The minimum atomic E-state index is -0.439. The fourth-order valence-corrected chi connectivity index (χ4v) is 2.03. The Labute approximate surface area is 128 Å². The van der Waals surface area contributed by atoms with Crippen LogP contribution < -0.4 is 5.32 Å². The summed E-state index contributed by atoms with van der Waals surface area (Å²) in [6.07, 6.45) is 2.17. The van der Waals surface area contributed by atoms with Crippen LogP contribution in [0.2, 0.25) is 0 Å². The lowest BCUT2D eigenvalue weighted by molar-refractivity contribution is -0.147. The van der Waals surface area contributed by atoms with Gasteiger partial charge in [0.25, 0.3) is 5.91 Å². The number of nitrogens with one attached hydrogen (secondary N) is 1. The monoisotopic (exact) mass is 305 g/mol. The third-order valence-corrected chi connectivity index (χ3v) is 3.29. The normalized spacial score (nSPS) is 10.5. The van der Waals surface area contributed by atoms with Crippen LogP contribution in [0.25, 0.3) is 0 Å². The third-order valence-electron chi connectivity index (χ3n) is 3.29. The zero-order chi connectivity index (χ0) is 16.1. The molecule has 7 heteroatoms. The minimum absolute atomic E-state index is 0.172. The highest BCUT2D eigenvalue weighted by Crippen LogP contribution is 2.18. The van der Waals surface area contributed by atoms with Gasteiger partial charge in [-0.3, -0.25) is 14.3 Å². The first kappa shape index (κ1) is 15.8. The average molecular weight is 305 g/mol. The Morgan fingerprint density at radius 2 is 2.18 bits per heavy atom. The van der Waals surface area contributed by atoms with E-state index < -0.39 is 5.97 Å². The molecule has 0 atom stereocenters. The molecular formula is C15H19N3O4. The van der Waals surface area contributed by atoms with Crippen LogP contribution in [0.15, 0.2) is 22.8 Å². The van der Waals surface area contributed by atoms with Crippen molar-refractivity contribution >= 4 is 17.6 Å². The summed E-state index contributed by atoms with van der Waals surface area (Å²) in [4.78, 5) is 23.4. The zero-order valence-electron chi connectivity index (χ0n) is 12.9. The number of furan rings is 1. The summed E-state index contributed by atoms with van der Waals surface area (Å²) in [6, 6.07) is 3.54. The van der Waals surface area contributed by atoms with E-state index in [2.05, 4.69) is 10.4 Å². The van der Waals surface area contributed by atoms with Crippen molar-refractivity contribution in [1.82, 2.24) is 9.78 Å². The highest BCUT2D eigenvalue weighted by atomic mass is 16.5. The lowest BCUT2D eigenvalue weighted by Crippen LogP contribution is -2.21. The number of carbonyl (C=O) groups is 2. The molecule has 0 unspecified atom stereocenters. The second kappa shape index (κ2) is 6.93. The number of aryl methyl sites for hydroxylation is 3. The maximum Gasteiger partial charge on any atom is 0.306 e. The largest absolute Gasteiger partial charge is 0.469 e. The molecule has 0 aliphatic carbocycles. The molecule has 0 aliphatic rings. The summed E-state index contributed by atoms with van der Waals surface area (Å²) in [5.74, 6) is -0.111. The predicted octanol–water partition coefficient (Wildman–Crippen LogP) is 1.74. The van der Waals surface area contributed by atoms with E-state index in [1.165, 1.54) is 0 Å². The van der Waals surface area contributed by atoms with Crippen LogP contribution >= 0.6 is 0 Å². The Kier molecular flexibility index (Phi) is 4.98. The van der Waals surface area contributed by atoms with Gasteiger partial charge in [0.2, 0.25) is 0 Å². The maximum atomic E-state index is 11.8. The summed E-state index contributed by atoms with van der Waals surface area (Å²) in [6.45, 7) is 3.34. The van der Waals surface area contributed by atoms with Gasteiger partial charge in [0.1, 0.15) is 5.76 Å². The van der Waals surface area contributed by atoms with Crippen LogP contribution in [0.1, 0.15) is 23.6 Å². The number of aromatic nitrogens is 2. The molecule has 1 N–H and O–H groups in total. The van der Waals surface area contributed by atoms with Crippen LogP contribution in [0.5, 0.6) is 0 Å². The number of rotatable bonds is 6.